The first-order valence-corrected chi connectivity index (χ1v) is 7.85. The SMILES string of the molecule is COc1cc2ncc(C(N)=O)c(Nc3ccc(O)cc3C)c2cc1OC. The highest BCUT2D eigenvalue weighted by Crippen LogP contribution is 2.37. The lowest BCUT2D eigenvalue weighted by atomic mass is 10.1. The molecule has 7 nitrogen and oxygen atoms in total. The molecule has 0 atom stereocenters. The van der Waals surface area contributed by atoms with Crippen molar-refractivity contribution in [1.29, 1.82) is 0 Å². The van der Waals surface area contributed by atoms with Crippen molar-refractivity contribution in [1.82, 2.24) is 4.98 Å². The topological polar surface area (TPSA) is 107 Å². The van der Waals surface area contributed by atoms with Gasteiger partial charge in [-0.05, 0) is 36.8 Å². The molecule has 0 aliphatic heterocycles. The van der Waals surface area contributed by atoms with Crippen LogP contribution >= 0.6 is 0 Å². The highest BCUT2D eigenvalue weighted by molar-refractivity contribution is 6.08. The number of hydrogen-bond acceptors (Lipinski definition) is 6. The van der Waals surface area contributed by atoms with E-state index in [1.807, 2.05) is 6.92 Å². The van der Waals surface area contributed by atoms with Crippen molar-refractivity contribution in [3.05, 3.63) is 47.7 Å². The molecule has 3 aromatic rings. The summed E-state index contributed by atoms with van der Waals surface area (Å²) in [5, 5.41) is 13.5. The second-order valence-corrected chi connectivity index (χ2v) is 5.76. The highest BCUT2D eigenvalue weighted by atomic mass is 16.5. The number of phenolic OH excluding ortho intramolecular Hbond substituents is 1. The van der Waals surface area contributed by atoms with Gasteiger partial charge in [0.1, 0.15) is 5.75 Å². The molecular weight excluding hydrogens is 334 g/mol. The van der Waals surface area contributed by atoms with Gasteiger partial charge < -0.3 is 25.6 Å². The highest BCUT2D eigenvalue weighted by Gasteiger charge is 2.17. The minimum atomic E-state index is -0.604. The zero-order valence-corrected chi connectivity index (χ0v) is 14.7. The standard InChI is InChI=1S/C19H19N3O4/c1-10-6-11(23)4-5-14(10)22-18-12-7-16(25-2)17(26-3)8-15(12)21-9-13(18)19(20)24/h4-9,23H,1-3H3,(H2,20,24)(H,21,22). The number of ether oxygens (including phenoxy) is 2. The number of pyridine rings is 1. The fourth-order valence-electron chi connectivity index (χ4n) is 2.76. The van der Waals surface area contributed by atoms with Gasteiger partial charge >= 0.3 is 0 Å². The number of fused-ring (bicyclic) bond motifs is 1. The number of aromatic nitrogens is 1. The number of carbonyl (C=O) groups excluding carboxylic acids is 1. The Labute approximate surface area is 150 Å². The first-order valence-electron chi connectivity index (χ1n) is 7.85. The van der Waals surface area contributed by atoms with Crippen LogP contribution in [0, 0.1) is 6.92 Å². The molecule has 0 aliphatic carbocycles. The van der Waals surface area contributed by atoms with Gasteiger partial charge in [0.2, 0.25) is 0 Å². The molecule has 0 unspecified atom stereocenters. The van der Waals surface area contributed by atoms with E-state index >= 15 is 0 Å². The Morgan fingerprint density at radius 3 is 2.46 bits per heavy atom. The number of amides is 1. The zero-order chi connectivity index (χ0) is 18.8. The van der Waals surface area contributed by atoms with Crippen molar-refractivity contribution in [2.45, 2.75) is 6.92 Å². The smallest absolute Gasteiger partial charge is 0.252 e. The van der Waals surface area contributed by atoms with Gasteiger partial charge in [-0.25, -0.2) is 0 Å². The van der Waals surface area contributed by atoms with Crippen molar-refractivity contribution in [2.75, 3.05) is 19.5 Å². The third kappa shape index (κ3) is 3.06. The second-order valence-electron chi connectivity index (χ2n) is 5.76. The van der Waals surface area contributed by atoms with Crippen LogP contribution in [0.2, 0.25) is 0 Å². The number of aromatic hydroxyl groups is 1. The number of aryl methyl sites for hydroxylation is 1. The van der Waals surface area contributed by atoms with Crippen LogP contribution in [0.3, 0.4) is 0 Å². The van der Waals surface area contributed by atoms with E-state index in [-0.39, 0.29) is 11.3 Å². The number of rotatable bonds is 5. The molecule has 2 aromatic carbocycles. The molecule has 0 saturated heterocycles. The number of nitrogens with one attached hydrogen (secondary N) is 1. The predicted molar refractivity (Wildman–Crippen MR) is 99.5 cm³/mol. The van der Waals surface area contributed by atoms with Crippen LogP contribution in [0.1, 0.15) is 15.9 Å². The number of nitrogens with zero attached hydrogens (tertiary/aromatic N) is 1. The van der Waals surface area contributed by atoms with Gasteiger partial charge in [-0.1, -0.05) is 0 Å². The quantitative estimate of drug-likeness (QED) is 0.609. The fraction of sp³-hybridized carbons (Fsp3) is 0.158. The van der Waals surface area contributed by atoms with Crippen molar-refractivity contribution in [2.24, 2.45) is 5.73 Å². The Bertz CT molecular complexity index is 1000. The van der Waals surface area contributed by atoms with Crippen molar-refractivity contribution in [3.63, 3.8) is 0 Å². The molecule has 134 valence electrons. The van der Waals surface area contributed by atoms with Gasteiger partial charge in [-0.2, -0.15) is 0 Å². The summed E-state index contributed by atoms with van der Waals surface area (Å²) in [5.41, 5.74) is 8.45. The van der Waals surface area contributed by atoms with Gasteiger partial charge in [-0.15, -0.1) is 0 Å². The molecule has 0 saturated carbocycles. The van der Waals surface area contributed by atoms with Crippen LogP contribution in [-0.2, 0) is 0 Å². The van der Waals surface area contributed by atoms with E-state index < -0.39 is 5.91 Å². The molecule has 1 heterocycles. The van der Waals surface area contributed by atoms with E-state index in [0.717, 1.165) is 11.3 Å². The molecule has 0 bridgehead atoms. The predicted octanol–water partition coefficient (Wildman–Crippen LogP) is 3.11. The molecule has 0 radical (unpaired) electrons. The van der Waals surface area contributed by atoms with E-state index in [4.69, 9.17) is 15.2 Å². The molecule has 0 aliphatic rings. The lowest BCUT2D eigenvalue weighted by molar-refractivity contribution is 0.100. The third-order valence-electron chi connectivity index (χ3n) is 4.11. The molecule has 0 fully saturated rings. The summed E-state index contributed by atoms with van der Waals surface area (Å²) in [4.78, 5) is 16.2. The summed E-state index contributed by atoms with van der Waals surface area (Å²) in [6, 6.07) is 8.38. The fourth-order valence-corrected chi connectivity index (χ4v) is 2.76. The largest absolute Gasteiger partial charge is 0.508 e. The molecule has 1 amide bonds. The number of hydrogen-bond donors (Lipinski definition) is 3. The average molecular weight is 353 g/mol. The number of carbonyl (C=O) groups is 1. The number of nitrogens with two attached hydrogens (primary N) is 1. The number of anilines is 2. The maximum absolute atomic E-state index is 11.9. The van der Waals surface area contributed by atoms with E-state index in [2.05, 4.69) is 10.3 Å². The van der Waals surface area contributed by atoms with Gasteiger partial charge in [0.25, 0.3) is 5.91 Å². The summed E-state index contributed by atoms with van der Waals surface area (Å²) >= 11 is 0. The van der Waals surface area contributed by atoms with Gasteiger partial charge in [0, 0.05) is 23.3 Å². The van der Waals surface area contributed by atoms with Crippen LogP contribution in [0.15, 0.2) is 36.5 Å². The lowest BCUT2D eigenvalue weighted by Crippen LogP contribution is -2.14. The number of benzene rings is 2. The molecule has 1 aromatic heterocycles. The van der Waals surface area contributed by atoms with Crippen LogP contribution in [0.4, 0.5) is 11.4 Å². The first kappa shape index (κ1) is 17.3. The molecule has 3 rings (SSSR count). The molecule has 26 heavy (non-hydrogen) atoms. The lowest BCUT2D eigenvalue weighted by Gasteiger charge is -2.16. The summed E-state index contributed by atoms with van der Waals surface area (Å²) < 4.78 is 10.7. The second kappa shape index (κ2) is 6.79. The maximum atomic E-state index is 11.9. The van der Waals surface area contributed by atoms with Crippen molar-refractivity contribution in [3.8, 4) is 17.2 Å². The zero-order valence-electron chi connectivity index (χ0n) is 14.7. The Balaban J connectivity index is 2.25. The van der Waals surface area contributed by atoms with Crippen molar-refractivity contribution < 1.29 is 19.4 Å². The summed E-state index contributed by atoms with van der Waals surface area (Å²) in [7, 11) is 3.08. The third-order valence-corrected chi connectivity index (χ3v) is 4.11. The van der Waals surface area contributed by atoms with Gasteiger partial charge in [0.05, 0.1) is 31.0 Å². The van der Waals surface area contributed by atoms with E-state index in [1.54, 1.807) is 37.4 Å². The van der Waals surface area contributed by atoms with E-state index in [1.165, 1.54) is 13.3 Å². The molecule has 0 spiro atoms. The molecule has 7 heteroatoms. The summed E-state index contributed by atoms with van der Waals surface area (Å²) in [5.74, 6) is 0.599. The Kier molecular flexibility index (Phi) is 4.53. The van der Waals surface area contributed by atoms with E-state index in [9.17, 15) is 9.90 Å². The number of methoxy groups -OCH3 is 2. The van der Waals surface area contributed by atoms with Crippen molar-refractivity contribution >= 4 is 28.2 Å². The van der Waals surface area contributed by atoms with Gasteiger partial charge in [0.15, 0.2) is 11.5 Å². The van der Waals surface area contributed by atoms with Crippen LogP contribution in [0.25, 0.3) is 10.9 Å². The molecule has 4 N–H and O–H groups in total. The number of phenols is 1. The van der Waals surface area contributed by atoms with Crippen LogP contribution in [0.5, 0.6) is 17.2 Å². The Morgan fingerprint density at radius 1 is 1.15 bits per heavy atom. The monoisotopic (exact) mass is 353 g/mol. The minimum absolute atomic E-state index is 0.161. The maximum Gasteiger partial charge on any atom is 0.252 e. The minimum Gasteiger partial charge on any atom is -0.508 e. The summed E-state index contributed by atoms with van der Waals surface area (Å²) in [6.07, 6.45) is 1.43. The Hall–Kier alpha value is -3.48. The normalized spacial score (nSPS) is 10.6. The van der Waals surface area contributed by atoms with Crippen LogP contribution < -0.4 is 20.5 Å². The number of primary amides is 1. The average Bonchev–Trinajstić information content (AvgIpc) is 2.62. The van der Waals surface area contributed by atoms with Gasteiger partial charge in [-0.3, -0.25) is 9.78 Å². The molecular formula is C19H19N3O4. The summed E-state index contributed by atoms with van der Waals surface area (Å²) in [6.45, 7) is 1.85. The Morgan fingerprint density at radius 2 is 1.85 bits per heavy atom. The first-order chi connectivity index (χ1) is 12.4. The van der Waals surface area contributed by atoms with Crippen LogP contribution in [-0.4, -0.2) is 30.2 Å². The van der Waals surface area contributed by atoms with E-state index in [0.29, 0.717) is 28.1 Å².